The van der Waals surface area contributed by atoms with E-state index in [1.165, 1.54) is 12.0 Å². The van der Waals surface area contributed by atoms with Crippen LogP contribution in [0.1, 0.15) is 15.9 Å². The Morgan fingerprint density at radius 3 is 2.32 bits per heavy atom. The number of methoxy groups -OCH3 is 1. The summed E-state index contributed by atoms with van der Waals surface area (Å²) in [5, 5.41) is 0. The van der Waals surface area contributed by atoms with E-state index in [0.717, 1.165) is 5.56 Å². The Kier molecular flexibility index (Phi) is 5.72. The van der Waals surface area contributed by atoms with Gasteiger partial charge in [0, 0.05) is 11.0 Å². The van der Waals surface area contributed by atoms with Crippen LogP contribution in [-0.4, -0.2) is 30.4 Å². The van der Waals surface area contributed by atoms with Crippen molar-refractivity contribution in [3.63, 3.8) is 0 Å². The first-order chi connectivity index (χ1) is 10.6. The maximum Gasteiger partial charge on any atom is 0.325 e. The standard InChI is InChI=1S/C17H16BrNO3/c1-22-16(20)12-19(11-13-7-3-2-4-8-13)17(21)14-9-5-6-10-15(14)18/h2-10H,11-12H2,1H3. The highest BCUT2D eigenvalue weighted by Crippen LogP contribution is 2.19. The highest BCUT2D eigenvalue weighted by atomic mass is 79.9. The molecular weight excluding hydrogens is 346 g/mol. The molecule has 0 aliphatic carbocycles. The van der Waals surface area contributed by atoms with E-state index < -0.39 is 5.97 Å². The van der Waals surface area contributed by atoms with Crippen molar-refractivity contribution in [3.05, 3.63) is 70.2 Å². The normalized spacial score (nSPS) is 10.1. The van der Waals surface area contributed by atoms with Crippen LogP contribution in [-0.2, 0) is 16.1 Å². The van der Waals surface area contributed by atoms with Gasteiger partial charge >= 0.3 is 5.97 Å². The molecule has 0 saturated carbocycles. The fourth-order valence-electron chi connectivity index (χ4n) is 2.03. The van der Waals surface area contributed by atoms with Gasteiger partial charge in [-0.25, -0.2) is 0 Å². The molecule has 0 aromatic heterocycles. The molecule has 0 aliphatic heterocycles. The Bertz CT molecular complexity index is 658. The van der Waals surface area contributed by atoms with E-state index in [2.05, 4.69) is 15.9 Å². The van der Waals surface area contributed by atoms with E-state index in [9.17, 15) is 9.59 Å². The Labute approximate surface area is 137 Å². The average Bonchev–Trinajstić information content (AvgIpc) is 2.55. The molecular formula is C17H16BrNO3. The minimum absolute atomic E-state index is 0.0917. The molecule has 5 heteroatoms. The zero-order valence-electron chi connectivity index (χ0n) is 12.2. The summed E-state index contributed by atoms with van der Waals surface area (Å²) in [5.74, 6) is -0.668. The van der Waals surface area contributed by atoms with Crippen LogP contribution in [0.2, 0.25) is 0 Å². The van der Waals surface area contributed by atoms with Crippen LogP contribution in [0.15, 0.2) is 59.1 Å². The van der Waals surface area contributed by atoms with Crippen LogP contribution in [0.4, 0.5) is 0 Å². The van der Waals surface area contributed by atoms with E-state index >= 15 is 0 Å². The maximum atomic E-state index is 12.7. The number of benzene rings is 2. The van der Waals surface area contributed by atoms with Crippen molar-refractivity contribution in [1.82, 2.24) is 4.90 Å². The molecule has 0 spiro atoms. The van der Waals surface area contributed by atoms with E-state index in [4.69, 9.17) is 4.74 Å². The van der Waals surface area contributed by atoms with Gasteiger partial charge in [0.05, 0.1) is 12.7 Å². The zero-order chi connectivity index (χ0) is 15.9. The fourth-order valence-corrected chi connectivity index (χ4v) is 2.48. The molecule has 2 rings (SSSR count). The lowest BCUT2D eigenvalue weighted by Crippen LogP contribution is -2.35. The molecule has 114 valence electrons. The highest BCUT2D eigenvalue weighted by molar-refractivity contribution is 9.10. The van der Waals surface area contributed by atoms with E-state index in [1.54, 1.807) is 18.2 Å². The van der Waals surface area contributed by atoms with Crippen molar-refractivity contribution >= 4 is 27.8 Å². The molecule has 0 atom stereocenters. The molecule has 0 bridgehead atoms. The molecule has 2 aromatic carbocycles. The second-order valence-corrected chi connectivity index (χ2v) is 5.56. The smallest absolute Gasteiger partial charge is 0.325 e. The fraction of sp³-hybridized carbons (Fsp3) is 0.176. The lowest BCUT2D eigenvalue weighted by atomic mass is 10.1. The molecule has 22 heavy (non-hydrogen) atoms. The number of ether oxygens (including phenoxy) is 1. The van der Waals surface area contributed by atoms with Gasteiger partial charge in [0.1, 0.15) is 6.54 Å². The second-order valence-electron chi connectivity index (χ2n) is 4.70. The SMILES string of the molecule is COC(=O)CN(Cc1ccccc1)C(=O)c1ccccc1Br. The largest absolute Gasteiger partial charge is 0.468 e. The Morgan fingerprint density at radius 2 is 1.68 bits per heavy atom. The van der Waals surface area contributed by atoms with Crippen LogP contribution in [0.5, 0.6) is 0 Å². The minimum atomic E-state index is -0.448. The Balaban J connectivity index is 2.25. The summed E-state index contributed by atoms with van der Waals surface area (Å²) < 4.78 is 5.39. The number of carbonyl (C=O) groups is 2. The molecule has 0 heterocycles. The predicted octanol–water partition coefficient (Wildman–Crippen LogP) is 3.26. The zero-order valence-corrected chi connectivity index (χ0v) is 13.7. The summed E-state index contributed by atoms with van der Waals surface area (Å²) in [5.41, 5.74) is 1.47. The van der Waals surface area contributed by atoms with Crippen LogP contribution < -0.4 is 0 Å². The molecule has 2 aromatic rings. The van der Waals surface area contributed by atoms with Crippen LogP contribution in [0, 0.1) is 0 Å². The van der Waals surface area contributed by atoms with E-state index in [1.807, 2.05) is 36.4 Å². The third-order valence-corrected chi connectivity index (χ3v) is 3.85. The lowest BCUT2D eigenvalue weighted by Gasteiger charge is -2.22. The van der Waals surface area contributed by atoms with Crippen molar-refractivity contribution in [2.75, 3.05) is 13.7 Å². The third-order valence-electron chi connectivity index (χ3n) is 3.16. The molecule has 4 nitrogen and oxygen atoms in total. The van der Waals surface area contributed by atoms with Gasteiger partial charge in [-0.2, -0.15) is 0 Å². The summed E-state index contributed by atoms with van der Waals surface area (Å²) in [6.07, 6.45) is 0. The summed E-state index contributed by atoms with van der Waals surface area (Å²) in [4.78, 5) is 25.8. The van der Waals surface area contributed by atoms with Gasteiger partial charge in [0.25, 0.3) is 5.91 Å². The molecule has 0 aliphatic rings. The maximum absolute atomic E-state index is 12.7. The van der Waals surface area contributed by atoms with Crippen molar-refractivity contribution in [2.24, 2.45) is 0 Å². The van der Waals surface area contributed by atoms with Crippen LogP contribution in [0.25, 0.3) is 0 Å². The van der Waals surface area contributed by atoms with Gasteiger partial charge in [0.15, 0.2) is 0 Å². The Morgan fingerprint density at radius 1 is 1.05 bits per heavy atom. The van der Waals surface area contributed by atoms with Gasteiger partial charge in [0.2, 0.25) is 0 Å². The molecule has 0 radical (unpaired) electrons. The van der Waals surface area contributed by atoms with E-state index in [0.29, 0.717) is 16.6 Å². The van der Waals surface area contributed by atoms with Gasteiger partial charge in [-0.15, -0.1) is 0 Å². The highest BCUT2D eigenvalue weighted by Gasteiger charge is 2.21. The van der Waals surface area contributed by atoms with Crippen LogP contribution in [0.3, 0.4) is 0 Å². The molecule has 0 N–H and O–H groups in total. The van der Waals surface area contributed by atoms with Crippen molar-refractivity contribution in [1.29, 1.82) is 0 Å². The number of hydrogen-bond donors (Lipinski definition) is 0. The first kappa shape index (κ1) is 16.2. The first-order valence-electron chi connectivity index (χ1n) is 6.76. The van der Waals surface area contributed by atoms with Crippen molar-refractivity contribution in [2.45, 2.75) is 6.54 Å². The second kappa shape index (κ2) is 7.75. The third kappa shape index (κ3) is 4.18. The number of carbonyl (C=O) groups excluding carboxylic acids is 2. The summed E-state index contributed by atoms with van der Waals surface area (Å²) in [6, 6.07) is 16.7. The van der Waals surface area contributed by atoms with Crippen LogP contribution >= 0.6 is 15.9 Å². The summed E-state index contributed by atoms with van der Waals surface area (Å²) in [7, 11) is 1.31. The quantitative estimate of drug-likeness (QED) is 0.767. The van der Waals surface area contributed by atoms with Gasteiger partial charge in [-0.1, -0.05) is 42.5 Å². The van der Waals surface area contributed by atoms with E-state index in [-0.39, 0.29) is 12.5 Å². The average molecular weight is 362 g/mol. The number of nitrogens with zero attached hydrogens (tertiary/aromatic N) is 1. The molecule has 0 fully saturated rings. The van der Waals surface area contributed by atoms with Crippen molar-refractivity contribution in [3.8, 4) is 0 Å². The van der Waals surface area contributed by atoms with Crippen molar-refractivity contribution < 1.29 is 14.3 Å². The van der Waals surface area contributed by atoms with Gasteiger partial charge < -0.3 is 9.64 Å². The number of halogens is 1. The predicted molar refractivity (Wildman–Crippen MR) is 87.3 cm³/mol. The summed E-state index contributed by atoms with van der Waals surface area (Å²) in [6.45, 7) is 0.252. The number of hydrogen-bond acceptors (Lipinski definition) is 3. The summed E-state index contributed by atoms with van der Waals surface area (Å²) >= 11 is 3.37. The van der Waals surface area contributed by atoms with Gasteiger partial charge in [-0.3, -0.25) is 9.59 Å². The lowest BCUT2D eigenvalue weighted by molar-refractivity contribution is -0.141. The first-order valence-corrected chi connectivity index (χ1v) is 7.55. The Hall–Kier alpha value is -2.14. The number of amides is 1. The topological polar surface area (TPSA) is 46.6 Å². The van der Waals surface area contributed by atoms with Gasteiger partial charge in [-0.05, 0) is 33.6 Å². The molecule has 0 unspecified atom stereocenters. The molecule has 1 amide bonds. The number of esters is 1. The number of rotatable bonds is 5. The minimum Gasteiger partial charge on any atom is -0.468 e. The monoisotopic (exact) mass is 361 g/mol. The molecule has 0 saturated heterocycles.